The maximum atomic E-state index is 12.3. The molecular formula is C20H22N2O3. The summed E-state index contributed by atoms with van der Waals surface area (Å²) in [4.78, 5) is 28.7. The average Bonchev–Trinajstić information content (AvgIpc) is 2.62. The van der Waals surface area contributed by atoms with E-state index in [-0.39, 0.29) is 17.6 Å². The summed E-state index contributed by atoms with van der Waals surface area (Å²) in [6.45, 7) is 3.84. The van der Waals surface area contributed by atoms with Gasteiger partial charge in [0.1, 0.15) is 5.82 Å². The molecule has 5 nitrogen and oxygen atoms in total. The molecule has 5 heteroatoms. The standard InChI is InChI=1S/C20H22N2O3/c1-3-13(2)19(24)21-18-10-9-15-12-16(23)17(25-20(15)22-18)11-14-7-5-4-6-8-14/h4-10,13,17H,3,11-12H2,1-2H3,(H,21,22,24)/t13-,17?/m1/s1. The molecule has 3 rings (SSSR count). The Hall–Kier alpha value is -2.69. The minimum atomic E-state index is -0.539. The maximum Gasteiger partial charge on any atom is 0.228 e. The van der Waals surface area contributed by atoms with Gasteiger partial charge in [-0.2, -0.15) is 4.98 Å². The second kappa shape index (κ2) is 7.47. The Balaban J connectivity index is 1.75. The zero-order valence-corrected chi connectivity index (χ0v) is 14.5. The number of aromatic nitrogens is 1. The number of hydrogen-bond donors (Lipinski definition) is 1. The molecule has 0 spiro atoms. The van der Waals surface area contributed by atoms with Crippen molar-refractivity contribution in [2.24, 2.45) is 5.92 Å². The van der Waals surface area contributed by atoms with Crippen LogP contribution in [0.1, 0.15) is 31.4 Å². The Morgan fingerprint density at radius 2 is 2.04 bits per heavy atom. The highest BCUT2D eigenvalue weighted by Crippen LogP contribution is 2.27. The number of carbonyl (C=O) groups is 2. The van der Waals surface area contributed by atoms with Crippen molar-refractivity contribution in [2.75, 3.05) is 5.32 Å². The first-order valence-corrected chi connectivity index (χ1v) is 8.61. The lowest BCUT2D eigenvalue weighted by molar-refractivity contribution is -0.126. The molecule has 0 saturated heterocycles. The van der Waals surface area contributed by atoms with Crippen LogP contribution in [0.2, 0.25) is 0 Å². The molecule has 0 saturated carbocycles. The largest absolute Gasteiger partial charge is 0.466 e. The summed E-state index contributed by atoms with van der Waals surface area (Å²) in [7, 11) is 0. The summed E-state index contributed by atoms with van der Waals surface area (Å²) in [6.07, 6.45) is 1.05. The molecule has 0 radical (unpaired) electrons. The summed E-state index contributed by atoms with van der Waals surface area (Å²) >= 11 is 0. The molecule has 130 valence electrons. The van der Waals surface area contributed by atoms with Crippen LogP contribution in [0.5, 0.6) is 5.88 Å². The second-order valence-electron chi connectivity index (χ2n) is 6.40. The molecule has 2 aromatic rings. The van der Waals surface area contributed by atoms with E-state index in [4.69, 9.17) is 4.74 Å². The number of anilines is 1. The van der Waals surface area contributed by atoms with Gasteiger partial charge in [-0.3, -0.25) is 9.59 Å². The first kappa shape index (κ1) is 17.1. The number of Topliss-reactive ketones (excluding diaryl/α,β-unsaturated/α-hetero) is 1. The molecule has 25 heavy (non-hydrogen) atoms. The lowest BCUT2D eigenvalue weighted by Crippen LogP contribution is -2.35. The Morgan fingerprint density at radius 1 is 1.28 bits per heavy atom. The molecule has 1 aromatic heterocycles. The van der Waals surface area contributed by atoms with Crippen LogP contribution in [0.25, 0.3) is 0 Å². The second-order valence-corrected chi connectivity index (χ2v) is 6.40. The summed E-state index contributed by atoms with van der Waals surface area (Å²) in [6, 6.07) is 13.3. The van der Waals surface area contributed by atoms with Crippen LogP contribution in [0.4, 0.5) is 5.82 Å². The minimum Gasteiger partial charge on any atom is -0.466 e. The van der Waals surface area contributed by atoms with Gasteiger partial charge in [-0.1, -0.05) is 44.2 Å². The van der Waals surface area contributed by atoms with Crippen LogP contribution in [0.3, 0.4) is 0 Å². The van der Waals surface area contributed by atoms with E-state index in [0.717, 1.165) is 17.5 Å². The number of ketones is 1. The summed E-state index contributed by atoms with van der Waals surface area (Å²) in [5, 5.41) is 2.80. The summed E-state index contributed by atoms with van der Waals surface area (Å²) in [5.74, 6) is 0.794. The van der Waals surface area contributed by atoms with Crippen molar-refractivity contribution in [1.82, 2.24) is 4.98 Å². The number of hydrogen-bond acceptors (Lipinski definition) is 4. The van der Waals surface area contributed by atoms with E-state index in [1.165, 1.54) is 0 Å². The molecule has 0 bridgehead atoms. The maximum absolute atomic E-state index is 12.3. The normalized spacial score (nSPS) is 17.4. The highest BCUT2D eigenvalue weighted by atomic mass is 16.5. The van der Waals surface area contributed by atoms with E-state index >= 15 is 0 Å². The third kappa shape index (κ3) is 4.05. The van der Waals surface area contributed by atoms with Crippen molar-refractivity contribution in [2.45, 2.75) is 39.2 Å². The first-order chi connectivity index (χ1) is 12.1. The number of rotatable bonds is 5. The number of carbonyl (C=O) groups excluding carboxylic acids is 2. The lowest BCUT2D eigenvalue weighted by atomic mass is 9.98. The summed E-state index contributed by atoms with van der Waals surface area (Å²) < 4.78 is 5.85. The lowest BCUT2D eigenvalue weighted by Gasteiger charge is -2.24. The van der Waals surface area contributed by atoms with E-state index in [1.54, 1.807) is 12.1 Å². The van der Waals surface area contributed by atoms with Crippen molar-refractivity contribution in [3.63, 3.8) is 0 Å². The zero-order valence-electron chi connectivity index (χ0n) is 14.5. The third-order valence-corrected chi connectivity index (χ3v) is 4.49. The Labute approximate surface area is 147 Å². The average molecular weight is 338 g/mol. The third-order valence-electron chi connectivity index (χ3n) is 4.49. The van der Waals surface area contributed by atoms with E-state index in [9.17, 15) is 9.59 Å². The SMILES string of the molecule is CC[C@@H](C)C(=O)Nc1ccc2c(n1)OC(Cc1ccccc1)C(=O)C2. The molecular weight excluding hydrogens is 316 g/mol. The fraction of sp³-hybridized carbons (Fsp3) is 0.350. The van der Waals surface area contributed by atoms with E-state index in [2.05, 4.69) is 10.3 Å². The van der Waals surface area contributed by atoms with Crippen LogP contribution in [0.15, 0.2) is 42.5 Å². The van der Waals surface area contributed by atoms with Crippen LogP contribution in [-0.2, 0) is 22.4 Å². The monoisotopic (exact) mass is 338 g/mol. The summed E-state index contributed by atoms with van der Waals surface area (Å²) in [5.41, 5.74) is 1.81. The van der Waals surface area contributed by atoms with Gasteiger partial charge < -0.3 is 10.1 Å². The van der Waals surface area contributed by atoms with Gasteiger partial charge in [0.15, 0.2) is 11.9 Å². The van der Waals surface area contributed by atoms with Crippen molar-refractivity contribution < 1.29 is 14.3 Å². The number of amides is 1. The van der Waals surface area contributed by atoms with Crippen molar-refractivity contribution in [3.05, 3.63) is 53.6 Å². The molecule has 1 aliphatic rings. The number of nitrogens with zero attached hydrogens (tertiary/aromatic N) is 1. The molecule has 0 aliphatic carbocycles. The predicted molar refractivity (Wildman–Crippen MR) is 95.6 cm³/mol. The van der Waals surface area contributed by atoms with Gasteiger partial charge >= 0.3 is 0 Å². The number of fused-ring (bicyclic) bond motifs is 1. The molecule has 0 fully saturated rings. The molecule has 1 N–H and O–H groups in total. The van der Waals surface area contributed by atoms with E-state index in [1.807, 2.05) is 44.2 Å². The number of pyridine rings is 1. The quantitative estimate of drug-likeness (QED) is 0.909. The topological polar surface area (TPSA) is 68.3 Å². The molecule has 1 unspecified atom stereocenters. The van der Waals surface area contributed by atoms with Crippen LogP contribution >= 0.6 is 0 Å². The Morgan fingerprint density at radius 3 is 2.76 bits per heavy atom. The molecule has 1 aromatic carbocycles. The Kier molecular flexibility index (Phi) is 5.12. The first-order valence-electron chi connectivity index (χ1n) is 8.61. The minimum absolute atomic E-state index is 0.0505. The fourth-order valence-corrected chi connectivity index (χ4v) is 2.70. The van der Waals surface area contributed by atoms with Gasteiger partial charge in [-0.15, -0.1) is 0 Å². The number of nitrogens with one attached hydrogen (secondary N) is 1. The van der Waals surface area contributed by atoms with Gasteiger partial charge in [0.2, 0.25) is 11.8 Å². The van der Waals surface area contributed by atoms with Gasteiger partial charge in [-0.25, -0.2) is 0 Å². The van der Waals surface area contributed by atoms with Crippen molar-refractivity contribution >= 4 is 17.5 Å². The van der Waals surface area contributed by atoms with E-state index in [0.29, 0.717) is 24.5 Å². The molecule has 2 atom stereocenters. The highest BCUT2D eigenvalue weighted by Gasteiger charge is 2.29. The van der Waals surface area contributed by atoms with Crippen LogP contribution in [-0.4, -0.2) is 22.8 Å². The van der Waals surface area contributed by atoms with Gasteiger partial charge in [-0.05, 0) is 24.1 Å². The van der Waals surface area contributed by atoms with Crippen LogP contribution in [0, 0.1) is 5.92 Å². The number of benzene rings is 1. The molecule has 1 amide bonds. The Bertz CT molecular complexity index is 774. The van der Waals surface area contributed by atoms with E-state index < -0.39 is 6.10 Å². The zero-order chi connectivity index (χ0) is 17.8. The van der Waals surface area contributed by atoms with Gasteiger partial charge in [0.05, 0.1) is 0 Å². The predicted octanol–water partition coefficient (Wildman–Crippen LogP) is 3.18. The van der Waals surface area contributed by atoms with Gasteiger partial charge in [0.25, 0.3) is 0 Å². The van der Waals surface area contributed by atoms with Gasteiger partial charge in [0, 0.05) is 24.3 Å². The highest BCUT2D eigenvalue weighted by molar-refractivity contribution is 5.92. The van der Waals surface area contributed by atoms with Crippen LogP contribution < -0.4 is 10.1 Å². The fourth-order valence-electron chi connectivity index (χ4n) is 2.70. The number of ether oxygens (including phenoxy) is 1. The molecule has 2 heterocycles. The van der Waals surface area contributed by atoms with Crippen molar-refractivity contribution in [3.8, 4) is 5.88 Å². The van der Waals surface area contributed by atoms with Crippen molar-refractivity contribution in [1.29, 1.82) is 0 Å². The smallest absolute Gasteiger partial charge is 0.228 e. The molecule has 1 aliphatic heterocycles.